The van der Waals surface area contributed by atoms with E-state index in [4.69, 9.17) is 4.74 Å². The maximum atomic E-state index is 5.43. The molecule has 4 nitrogen and oxygen atoms in total. The minimum Gasteiger partial charge on any atom is -0.380 e. The predicted molar refractivity (Wildman–Crippen MR) is 67.8 cm³/mol. The zero-order valence-corrected chi connectivity index (χ0v) is 10.3. The number of hydrogen-bond acceptors (Lipinski definition) is 3. The van der Waals surface area contributed by atoms with Crippen LogP contribution in [0.2, 0.25) is 0 Å². The highest BCUT2D eigenvalue weighted by Gasteiger charge is 2.24. The molecule has 1 aromatic heterocycles. The fourth-order valence-corrected chi connectivity index (χ4v) is 1.78. The molecule has 94 valence electrons. The van der Waals surface area contributed by atoms with Gasteiger partial charge in [0.1, 0.15) is 0 Å². The first-order valence-electron chi connectivity index (χ1n) is 6.32. The Kier molecular flexibility index (Phi) is 4.76. The summed E-state index contributed by atoms with van der Waals surface area (Å²) in [7, 11) is 0. The second kappa shape index (κ2) is 6.57. The van der Waals surface area contributed by atoms with Gasteiger partial charge in [-0.3, -0.25) is 0 Å². The summed E-state index contributed by atoms with van der Waals surface area (Å²) in [4.78, 5) is 4.20. The van der Waals surface area contributed by atoms with Gasteiger partial charge in [0.25, 0.3) is 0 Å². The molecule has 1 N–H and O–H groups in total. The first kappa shape index (κ1) is 12.3. The van der Waals surface area contributed by atoms with Crippen LogP contribution in [0.1, 0.15) is 31.0 Å². The van der Waals surface area contributed by atoms with Crippen molar-refractivity contribution in [1.29, 1.82) is 0 Å². The van der Waals surface area contributed by atoms with Crippen LogP contribution >= 0.6 is 0 Å². The van der Waals surface area contributed by atoms with E-state index < -0.39 is 0 Å². The van der Waals surface area contributed by atoms with E-state index in [0.717, 1.165) is 32.7 Å². The smallest absolute Gasteiger partial charge is 0.0951 e. The third-order valence-electron chi connectivity index (χ3n) is 2.88. The van der Waals surface area contributed by atoms with Crippen molar-refractivity contribution in [2.24, 2.45) is 0 Å². The number of imidazole rings is 1. The van der Waals surface area contributed by atoms with Gasteiger partial charge in [-0.2, -0.15) is 0 Å². The molecule has 1 aliphatic carbocycles. The zero-order chi connectivity index (χ0) is 11.9. The first-order valence-corrected chi connectivity index (χ1v) is 6.32. The van der Waals surface area contributed by atoms with Crippen molar-refractivity contribution in [3.05, 3.63) is 30.9 Å². The molecule has 0 amide bonds. The van der Waals surface area contributed by atoms with E-state index >= 15 is 0 Å². The van der Waals surface area contributed by atoms with Gasteiger partial charge < -0.3 is 14.6 Å². The van der Waals surface area contributed by atoms with Crippen molar-refractivity contribution in [3.63, 3.8) is 0 Å². The fourth-order valence-electron chi connectivity index (χ4n) is 1.78. The quantitative estimate of drug-likeness (QED) is 0.525. The van der Waals surface area contributed by atoms with E-state index in [9.17, 15) is 0 Å². The van der Waals surface area contributed by atoms with Crippen molar-refractivity contribution < 1.29 is 4.74 Å². The molecule has 4 heteroatoms. The van der Waals surface area contributed by atoms with Crippen LogP contribution in [0.4, 0.5) is 0 Å². The van der Waals surface area contributed by atoms with Gasteiger partial charge in [-0.05, 0) is 19.3 Å². The van der Waals surface area contributed by atoms with E-state index in [0.29, 0.717) is 6.04 Å². The van der Waals surface area contributed by atoms with Crippen molar-refractivity contribution in [2.45, 2.75) is 31.8 Å². The van der Waals surface area contributed by atoms with E-state index in [1.54, 1.807) is 0 Å². The summed E-state index contributed by atoms with van der Waals surface area (Å²) in [5, 5.41) is 3.38. The molecule has 1 aliphatic rings. The van der Waals surface area contributed by atoms with Crippen LogP contribution in [0, 0.1) is 0 Å². The molecule has 0 unspecified atom stereocenters. The highest BCUT2D eigenvalue weighted by Crippen LogP contribution is 2.35. The molecule has 1 aromatic rings. The molecule has 0 bridgehead atoms. The number of hydrogen-bond donors (Lipinski definition) is 1. The molecular formula is C13H21N3O. The Morgan fingerprint density at radius 3 is 3.18 bits per heavy atom. The van der Waals surface area contributed by atoms with E-state index in [1.165, 1.54) is 18.5 Å². The van der Waals surface area contributed by atoms with Crippen molar-refractivity contribution in [2.75, 3.05) is 19.8 Å². The molecule has 0 spiro atoms. The number of nitrogens with zero attached hydrogens (tertiary/aromatic N) is 2. The van der Waals surface area contributed by atoms with Crippen molar-refractivity contribution >= 4 is 0 Å². The van der Waals surface area contributed by atoms with Gasteiger partial charge in [0.05, 0.1) is 25.2 Å². The molecule has 2 rings (SSSR count). The fraction of sp³-hybridized carbons (Fsp3) is 0.615. The lowest BCUT2D eigenvalue weighted by molar-refractivity contribution is 0.140. The minimum absolute atomic E-state index is 0.707. The molecule has 0 radical (unpaired) electrons. The largest absolute Gasteiger partial charge is 0.380 e. The summed E-state index contributed by atoms with van der Waals surface area (Å²) in [5.74, 6) is 0. The van der Waals surface area contributed by atoms with Crippen molar-refractivity contribution in [1.82, 2.24) is 14.9 Å². The minimum atomic E-state index is 0.707. The standard InChI is InChI=1S/C13H21N3O/c1-2-3-7-17-8-6-14-9-13-10-15-11-16(13)12-4-5-12/h2,10-12,14H,1,3-9H2. The lowest BCUT2D eigenvalue weighted by atomic mass is 10.4. The highest BCUT2D eigenvalue weighted by atomic mass is 16.5. The van der Waals surface area contributed by atoms with Gasteiger partial charge in [0.15, 0.2) is 0 Å². The molecule has 1 fully saturated rings. The second-order valence-electron chi connectivity index (χ2n) is 4.39. The van der Waals surface area contributed by atoms with E-state index in [-0.39, 0.29) is 0 Å². The first-order chi connectivity index (χ1) is 8.42. The summed E-state index contributed by atoms with van der Waals surface area (Å²) in [6.45, 7) is 6.94. The summed E-state index contributed by atoms with van der Waals surface area (Å²) in [6, 6.07) is 0.707. The van der Waals surface area contributed by atoms with Crippen LogP contribution in [0.15, 0.2) is 25.2 Å². The van der Waals surface area contributed by atoms with Crippen LogP contribution in [-0.4, -0.2) is 29.3 Å². The predicted octanol–water partition coefficient (Wildman–Crippen LogP) is 1.90. The highest BCUT2D eigenvalue weighted by molar-refractivity contribution is 5.03. The van der Waals surface area contributed by atoms with Crippen LogP contribution in [0.3, 0.4) is 0 Å². The third-order valence-corrected chi connectivity index (χ3v) is 2.88. The summed E-state index contributed by atoms with van der Waals surface area (Å²) >= 11 is 0. The third kappa shape index (κ3) is 3.98. The number of nitrogens with one attached hydrogen (secondary N) is 1. The average Bonchev–Trinajstić information content (AvgIpc) is 3.08. The summed E-state index contributed by atoms with van der Waals surface area (Å²) in [5.41, 5.74) is 1.28. The maximum absolute atomic E-state index is 5.43. The average molecular weight is 235 g/mol. The Hall–Kier alpha value is -1.13. The van der Waals surface area contributed by atoms with Crippen LogP contribution in [0.25, 0.3) is 0 Å². The Morgan fingerprint density at radius 1 is 1.53 bits per heavy atom. The Bertz CT molecular complexity index is 344. The topological polar surface area (TPSA) is 39.1 Å². The molecule has 0 aromatic carbocycles. The van der Waals surface area contributed by atoms with Gasteiger partial charge in [-0.15, -0.1) is 6.58 Å². The number of ether oxygens (including phenoxy) is 1. The number of rotatable bonds is 9. The van der Waals surface area contributed by atoms with Crippen LogP contribution in [-0.2, 0) is 11.3 Å². The zero-order valence-electron chi connectivity index (χ0n) is 10.3. The van der Waals surface area contributed by atoms with E-state index in [1.807, 2.05) is 18.6 Å². The SMILES string of the molecule is C=CCCOCCNCc1cncn1C1CC1. The molecule has 0 atom stereocenters. The van der Waals surface area contributed by atoms with Crippen LogP contribution < -0.4 is 5.32 Å². The van der Waals surface area contributed by atoms with Gasteiger partial charge in [-0.25, -0.2) is 4.98 Å². The Balaban J connectivity index is 1.58. The van der Waals surface area contributed by atoms with Gasteiger partial charge in [0, 0.05) is 25.3 Å². The van der Waals surface area contributed by atoms with Crippen molar-refractivity contribution in [3.8, 4) is 0 Å². The monoisotopic (exact) mass is 235 g/mol. The lowest BCUT2D eigenvalue weighted by Gasteiger charge is -2.08. The van der Waals surface area contributed by atoms with Gasteiger partial charge in [0.2, 0.25) is 0 Å². The maximum Gasteiger partial charge on any atom is 0.0951 e. The molecule has 0 saturated heterocycles. The number of aromatic nitrogens is 2. The molecule has 1 heterocycles. The summed E-state index contributed by atoms with van der Waals surface area (Å²) in [6.07, 6.45) is 9.29. The molecule has 17 heavy (non-hydrogen) atoms. The van der Waals surface area contributed by atoms with Gasteiger partial charge in [-0.1, -0.05) is 6.08 Å². The van der Waals surface area contributed by atoms with E-state index in [2.05, 4.69) is 21.4 Å². The second-order valence-corrected chi connectivity index (χ2v) is 4.39. The van der Waals surface area contributed by atoms with Gasteiger partial charge >= 0.3 is 0 Å². The molecule has 0 aliphatic heterocycles. The Morgan fingerprint density at radius 2 is 2.41 bits per heavy atom. The summed E-state index contributed by atoms with van der Waals surface area (Å²) < 4.78 is 7.71. The normalized spacial score (nSPS) is 15.1. The molecule has 1 saturated carbocycles. The lowest BCUT2D eigenvalue weighted by Crippen LogP contribution is -2.21. The van der Waals surface area contributed by atoms with Crippen LogP contribution in [0.5, 0.6) is 0 Å². The Labute approximate surface area is 103 Å². The molecular weight excluding hydrogens is 214 g/mol.